The summed E-state index contributed by atoms with van der Waals surface area (Å²) in [6.07, 6.45) is 3.54. The highest BCUT2D eigenvalue weighted by molar-refractivity contribution is 5.97. The van der Waals surface area contributed by atoms with Crippen LogP contribution in [0.25, 0.3) is 0 Å². The minimum atomic E-state index is -0.158. The van der Waals surface area contributed by atoms with Crippen LogP contribution in [0.2, 0.25) is 0 Å². The SMILES string of the molecule is N#C/C(=C/N1CCN(c2ccccn2)CC1)C(=O)N1CCN(Cc2ccccc2)CC1. The Hall–Kier alpha value is -3.37. The Morgan fingerprint density at radius 2 is 1.65 bits per heavy atom. The van der Waals surface area contributed by atoms with Gasteiger partial charge in [-0.25, -0.2) is 4.98 Å². The van der Waals surface area contributed by atoms with Gasteiger partial charge in [-0.3, -0.25) is 9.69 Å². The third-order valence-electron chi connectivity index (χ3n) is 5.86. The van der Waals surface area contributed by atoms with E-state index in [0.717, 1.165) is 51.6 Å². The smallest absolute Gasteiger partial charge is 0.266 e. The number of anilines is 1. The number of benzene rings is 1. The van der Waals surface area contributed by atoms with Crippen molar-refractivity contribution in [3.8, 4) is 6.07 Å². The summed E-state index contributed by atoms with van der Waals surface area (Å²) in [6, 6.07) is 18.4. The number of carbonyl (C=O) groups is 1. The van der Waals surface area contributed by atoms with Crippen LogP contribution in [-0.4, -0.2) is 77.9 Å². The van der Waals surface area contributed by atoms with Gasteiger partial charge in [0.05, 0.1) is 0 Å². The van der Waals surface area contributed by atoms with Crippen molar-refractivity contribution in [1.29, 1.82) is 5.26 Å². The molecule has 2 aliphatic heterocycles. The van der Waals surface area contributed by atoms with Crippen LogP contribution >= 0.6 is 0 Å². The van der Waals surface area contributed by atoms with Crippen LogP contribution in [-0.2, 0) is 11.3 Å². The highest BCUT2D eigenvalue weighted by Gasteiger charge is 2.25. The fourth-order valence-corrected chi connectivity index (χ4v) is 4.06. The molecule has 7 heteroatoms. The molecule has 0 unspecified atom stereocenters. The van der Waals surface area contributed by atoms with Gasteiger partial charge in [-0.05, 0) is 17.7 Å². The minimum Gasteiger partial charge on any atom is -0.373 e. The molecule has 4 rings (SSSR count). The van der Waals surface area contributed by atoms with Crippen molar-refractivity contribution < 1.29 is 4.79 Å². The van der Waals surface area contributed by atoms with Crippen molar-refractivity contribution in [3.63, 3.8) is 0 Å². The molecule has 160 valence electrons. The predicted octanol–water partition coefficient (Wildman–Crippen LogP) is 1.96. The molecule has 0 spiro atoms. The first-order valence-electron chi connectivity index (χ1n) is 10.8. The van der Waals surface area contributed by atoms with Gasteiger partial charge in [-0.2, -0.15) is 5.26 Å². The van der Waals surface area contributed by atoms with Crippen LogP contribution in [0.15, 0.2) is 66.5 Å². The van der Waals surface area contributed by atoms with Crippen molar-refractivity contribution in [2.75, 3.05) is 57.3 Å². The Morgan fingerprint density at radius 1 is 0.935 bits per heavy atom. The lowest BCUT2D eigenvalue weighted by Gasteiger charge is -2.36. The lowest BCUT2D eigenvalue weighted by molar-refractivity contribution is -0.128. The average molecular weight is 417 g/mol. The zero-order valence-corrected chi connectivity index (χ0v) is 17.7. The Balaban J connectivity index is 1.29. The molecule has 0 N–H and O–H groups in total. The Kier molecular flexibility index (Phi) is 6.80. The molecule has 2 fully saturated rings. The molecule has 7 nitrogen and oxygen atoms in total. The summed E-state index contributed by atoms with van der Waals surface area (Å²) in [7, 11) is 0. The second-order valence-corrected chi connectivity index (χ2v) is 7.92. The van der Waals surface area contributed by atoms with Gasteiger partial charge in [0.25, 0.3) is 5.91 Å². The summed E-state index contributed by atoms with van der Waals surface area (Å²) in [4.78, 5) is 25.8. The van der Waals surface area contributed by atoms with Crippen molar-refractivity contribution in [2.45, 2.75) is 6.54 Å². The fraction of sp³-hybridized carbons (Fsp3) is 0.375. The standard InChI is InChI=1S/C24H28N6O/c25-18-22(20-28-10-14-29(15-11-28)23-8-4-5-9-26-23)24(31)30-16-12-27(13-17-30)19-21-6-2-1-3-7-21/h1-9,20H,10-17,19H2/b22-20-. The Bertz CT molecular complexity index is 924. The van der Waals surface area contributed by atoms with E-state index in [2.05, 4.69) is 50.0 Å². The van der Waals surface area contributed by atoms with Crippen LogP contribution in [0.3, 0.4) is 0 Å². The lowest BCUT2D eigenvalue weighted by Crippen LogP contribution is -2.49. The van der Waals surface area contributed by atoms with Gasteiger partial charge < -0.3 is 14.7 Å². The molecule has 0 aliphatic carbocycles. The van der Waals surface area contributed by atoms with Crippen LogP contribution in [0.1, 0.15) is 5.56 Å². The van der Waals surface area contributed by atoms with Crippen molar-refractivity contribution in [1.82, 2.24) is 19.7 Å². The highest BCUT2D eigenvalue weighted by Crippen LogP contribution is 2.15. The minimum absolute atomic E-state index is 0.158. The van der Waals surface area contributed by atoms with E-state index in [1.807, 2.05) is 24.3 Å². The second kappa shape index (κ2) is 10.1. The first-order valence-corrected chi connectivity index (χ1v) is 10.8. The largest absolute Gasteiger partial charge is 0.373 e. The maximum atomic E-state index is 12.9. The molecule has 1 amide bonds. The zero-order chi connectivity index (χ0) is 21.5. The van der Waals surface area contributed by atoms with Gasteiger partial charge in [-0.15, -0.1) is 0 Å². The van der Waals surface area contributed by atoms with Gasteiger partial charge in [-0.1, -0.05) is 36.4 Å². The number of aromatic nitrogens is 1. The molecule has 3 heterocycles. The molecule has 2 aromatic rings. The van der Waals surface area contributed by atoms with Crippen molar-refractivity contribution in [3.05, 3.63) is 72.1 Å². The second-order valence-electron chi connectivity index (χ2n) is 7.92. The summed E-state index contributed by atoms with van der Waals surface area (Å²) >= 11 is 0. The van der Waals surface area contributed by atoms with Crippen LogP contribution < -0.4 is 4.90 Å². The summed E-state index contributed by atoms with van der Waals surface area (Å²) in [5.41, 5.74) is 1.51. The van der Waals surface area contributed by atoms with Gasteiger partial charge in [0.15, 0.2) is 0 Å². The van der Waals surface area contributed by atoms with Gasteiger partial charge >= 0.3 is 0 Å². The number of piperazine rings is 2. The molecule has 2 aliphatic rings. The van der Waals surface area contributed by atoms with E-state index in [0.29, 0.717) is 13.1 Å². The molecule has 0 radical (unpaired) electrons. The third-order valence-corrected chi connectivity index (χ3v) is 5.86. The van der Waals surface area contributed by atoms with Crippen LogP contribution in [0.4, 0.5) is 5.82 Å². The van der Waals surface area contributed by atoms with E-state index in [9.17, 15) is 10.1 Å². The van der Waals surface area contributed by atoms with E-state index in [1.54, 1.807) is 17.3 Å². The summed E-state index contributed by atoms with van der Waals surface area (Å²) in [5, 5.41) is 9.61. The zero-order valence-electron chi connectivity index (χ0n) is 17.7. The van der Waals surface area contributed by atoms with Crippen molar-refractivity contribution >= 4 is 11.7 Å². The maximum Gasteiger partial charge on any atom is 0.266 e. The number of nitriles is 1. The number of hydrogen-bond donors (Lipinski definition) is 0. The van der Waals surface area contributed by atoms with E-state index >= 15 is 0 Å². The molecule has 1 aromatic carbocycles. The average Bonchev–Trinajstić information content (AvgIpc) is 2.84. The summed E-state index contributed by atoms with van der Waals surface area (Å²) in [6.45, 7) is 7.00. The number of rotatable bonds is 5. The number of carbonyl (C=O) groups excluding carboxylic acids is 1. The monoisotopic (exact) mass is 416 g/mol. The number of pyridine rings is 1. The maximum absolute atomic E-state index is 12.9. The van der Waals surface area contributed by atoms with Crippen LogP contribution in [0, 0.1) is 11.3 Å². The molecule has 0 bridgehead atoms. The highest BCUT2D eigenvalue weighted by atomic mass is 16.2. The Morgan fingerprint density at radius 3 is 2.29 bits per heavy atom. The fourth-order valence-electron chi connectivity index (χ4n) is 4.06. The number of hydrogen-bond acceptors (Lipinski definition) is 6. The number of nitrogens with zero attached hydrogens (tertiary/aromatic N) is 6. The normalized spacial score (nSPS) is 18.0. The molecule has 0 atom stereocenters. The molecule has 1 aromatic heterocycles. The van der Waals surface area contributed by atoms with E-state index < -0.39 is 0 Å². The summed E-state index contributed by atoms with van der Waals surface area (Å²) in [5.74, 6) is 0.810. The molecule has 2 saturated heterocycles. The topological polar surface area (TPSA) is 66.7 Å². The lowest BCUT2D eigenvalue weighted by atomic mass is 10.2. The summed E-state index contributed by atoms with van der Waals surface area (Å²) < 4.78 is 0. The van der Waals surface area contributed by atoms with E-state index in [4.69, 9.17) is 0 Å². The van der Waals surface area contributed by atoms with Crippen molar-refractivity contribution in [2.24, 2.45) is 0 Å². The van der Waals surface area contributed by atoms with Gasteiger partial charge in [0.2, 0.25) is 0 Å². The first-order chi connectivity index (χ1) is 15.2. The van der Waals surface area contributed by atoms with E-state index in [1.165, 1.54) is 5.56 Å². The first kappa shape index (κ1) is 20.9. The quantitative estimate of drug-likeness (QED) is 0.548. The number of amides is 1. The Labute approximate surface area is 183 Å². The molecular formula is C24H28N6O. The van der Waals surface area contributed by atoms with Gasteiger partial charge in [0, 0.05) is 71.3 Å². The van der Waals surface area contributed by atoms with Gasteiger partial charge in [0.1, 0.15) is 17.5 Å². The molecular weight excluding hydrogens is 388 g/mol. The van der Waals surface area contributed by atoms with Crippen LogP contribution in [0.5, 0.6) is 0 Å². The third kappa shape index (κ3) is 5.41. The predicted molar refractivity (Wildman–Crippen MR) is 120 cm³/mol. The molecule has 31 heavy (non-hydrogen) atoms. The van der Waals surface area contributed by atoms with E-state index in [-0.39, 0.29) is 11.5 Å². The molecule has 0 saturated carbocycles.